The van der Waals surface area contributed by atoms with E-state index in [0.29, 0.717) is 0 Å². The molecule has 134 valence electrons. The van der Waals surface area contributed by atoms with Gasteiger partial charge in [0.2, 0.25) is 0 Å². The van der Waals surface area contributed by atoms with E-state index >= 15 is 0 Å². The first-order chi connectivity index (χ1) is 12.7. The molecule has 4 saturated heterocycles. The van der Waals surface area contributed by atoms with Crippen LogP contribution in [0.3, 0.4) is 0 Å². The van der Waals surface area contributed by atoms with E-state index < -0.39 is 0 Å². The Morgan fingerprint density at radius 1 is 0.962 bits per heavy atom. The molecule has 0 N–H and O–H groups in total. The molecule has 4 fully saturated rings. The maximum absolute atomic E-state index is 5.58. The van der Waals surface area contributed by atoms with Crippen LogP contribution in [0.5, 0.6) is 0 Å². The molecule has 0 aliphatic carbocycles. The monoisotopic (exact) mass is 349 g/mol. The van der Waals surface area contributed by atoms with Gasteiger partial charge < -0.3 is 4.42 Å². The quantitative estimate of drug-likeness (QED) is 0.627. The number of hydrogen-bond acceptors (Lipinski definition) is 6. The van der Waals surface area contributed by atoms with E-state index in [2.05, 4.69) is 44.1 Å². The Hall–Kier alpha value is -2.28. The molecule has 6 nitrogen and oxygen atoms in total. The van der Waals surface area contributed by atoms with Gasteiger partial charge in [-0.05, 0) is 24.6 Å². The van der Waals surface area contributed by atoms with Gasteiger partial charge in [-0.2, -0.15) is 10.2 Å². The molecular formula is C20H23N5O. The van der Waals surface area contributed by atoms with Gasteiger partial charge in [0.05, 0.1) is 37.3 Å². The van der Waals surface area contributed by atoms with E-state index in [9.17, 15) is 0 Å². The van der Waals surface area contributed by atoms with Crippen LogP contribution in [-0.4, -0.2) is 66.3 Å². The second kappa shape index (κ2) is 6.16. The summed E-state index contributed by atoms with van der Waals surface area (Å²) >= 11 is 0. The van der Waals surface area contributed by atoms with Crippen LogP contribution in [0.25, 0.3) is 0 Å². The summed E-state index contributed by atoms with van der Waals surface area (Å²) in [6, 6.07) is 14.3. The zero-order chi connectivity index (χ0) is 17.6. The minimum absolute atomic E-state index is 0.00647. The fourth-order valence-electron chi connectivity index (χ4n) is 4.67. The van der Waals surface area contributed by atoms with Crippen molar-refractivity contribution < 1.29 is 4.42 Å². The Balaban J connectivity index is 1.52. The summed E-state index contributed by atoms with van der Waals surface area (Å²) in [6.07, 6.45) is 1.71. The molecule has 0 radical (unpaired) electrons. The van der Waals surface area contributed by atoms with Gasteiger partial charge in [0.1, 0.15) is 11.5 Å². The second-order valence-corrected chi connectivity index (χ2v) is 7.70. The summed E-state index contributed by atoms with van der Waals surface area (Å²) in [5.74, 6) is 1.62. The van der Waals surface area contributed by atoms with Gasteiger partial charge >= 0.3 is 0 Å². The molecule has 1 aromatic heterocycles. The van der Waals surface area contributed by atoms with Crippen LogP contribution in [0.15, 0.2) is 57.1 Å². The molecule has 4 aliphatic rings. The molecule has 0 unspecified atom stereocenters. The van der Waals surface area contributed by atoms with Crippen molar-refractivity contribution in [3.8, 4) is 0 Å². The lowest BCUT2D eigenvalue weighted by Gasteiger charge is -2.60. The Labute approximate surface area is 153 Å². The van der Waals surface area contributed by atoms with E-state index in [1.807, 2.05) is 25.1 Å². The zero-order valence-corrected chi connectivity index (χ0v) is 15.0. The average molecular weight is 349 g/mol. The highest BCUT2D eigenvalue weighted by molar-refractivity contribution is 6.05. The van der Waals surface area contributed by atoms with Gasteiger partial charge in [-0.1, -0.05) is 30.3 Å². The lowest BCUT2D eigenvalue weighted by atomic mass is 9.74. The summed E-state index contributed by atoms with van der Waals surface area (Å²) in [5, 5.41) is 9.14. The van der Waals surface area contributed by atoms with Crippen LogP contribution >= 0.6 is 0 Å². The molecule has 4 aliphatic heterocycles. The fourth-order valence-corrected chi connectivity index (χ4v) is 4.67. The molecule has 0 spiro atoms. The van der Waals surface area contributed by atoms with Gasteiger partial charge in [0.25, 0.3) is 0 Å². The first-order valence-electron chi connectivity index (χ1n) is 9.11. The van der Waals surface area contributed by atoms with Crippen LogP contribution in [0, 0.1) is 12.3 Å². The third kappa shape index (κ3) is 2.80. The third-order valence-corrected chi connectivity index (χ3v) is 5.43. The van der Waals surface area contributed by atoms with Crippen LogP contribution in [0.4, 0.5) is 0 Å². The maximum Gasteiger partial charge on any atom is 0.147 e. The van der Waals surface area contributed by atoms with Crippen molar-refractivity contribution >= 4 is 11.9 Å². The highest BCUT2D eigenvalue weighted by atomic mass is 16.3. The van der Waals surface area contributed by atoms with Crippen LogP contribution in [-0.2, 0) is 0 Å². The third-order valence-electron chi connectivity index (χ3n) is 5.43. The number of aryl methyl sites for hydroxylation is 1. The van der Waals surface area contributed by atoms with E-state index in [4.69, 9.17) is 9.52 Å². The molecule has 1 aromatic carbocycles. The summed E-state index contributed by atoms with van der Waals surface area (Å²) in [7, 11) is 0. The Kier molecular flexibility index (Phi) is 3.77. The van der Waals surface area contributed by atoms with Crippen molar-refractivity contribution in [2.24, 2.45) is 15.6 Å². The molecule has 26 heavy (non-hydrogen) atoms. The van der Waals surface area contributed by atoms with Crippen molar-refractivity contribution in [3.63, 3.8) is 0 Å². The molecule has 6 heteroatoms. The highest BCUT2D eigenvalue weighted by Crippen LogP contribution is 2.38. The van der Waals surface area contributed by atoms with Gasteiger partial charge in [-0.15, -0.1) is 0 Å². The van der Waals surface area contributed by atoms with Gasteiger partial charge in [0.15, 0.2) is 0 Å². The highest BCUT2D eigenvalue weighted by Gasteiger charge is 2.51. The van der Waals surface area contributed by atoms with E-state index in [1.165, 1.54) is 0 Å². The predicted octanol–water partition coefficient (Wildman–Crippen LogP) is 2.22. The summed E-state index contributed by atoms with van der Waals surface area (Å²) in [4.78, 5) is 7.53. The standard InChI is InChI=1S/C20H23N5O/c1-16-7-8-18(26-16)9-21-22-19(17-5-3-2-4-6-17)20-10-23-13-24(11-20)15-25(12-20)14-23/h2-9H,10-15H2,1H3/b21-9-,22-19+. The number of nitrogens with zero attached hydrogens (tertiary/aromatic N) is 5. The minimum Gasteiger partial charge on any atom is -0.460 e. The van der Waals surface area contributed by atoms with Crippen LogP contribution in [0.1, 0.15) is 17.1 Å². The predicted molar refractivity (Wildman–Crippen MR) is 101 cm³/mol. The van der Waals surface area contributed by atoms with Crippen molar-refractivity contribution in [1.29, 1.82) is 0 Å². The van der Waals surface area contributed by atoms with E-state index in [0.717, 1.165) is 62.4 Å². The van der Waals surface area contributed by atoms with Crippen molar-refractivity contribution in [1.82, 2.24) is 14.7 Å². The van der Waals surface area contributed by atoms with Crippen molar-refractivity contribution in [2.75, 3.05) is 39.6 Å². The summed E-state index contributed by atoms with van der Waals surface area (Å²) in [5.41, 5.74) is 2.24. The summed E-state index contributed by atoms with van der Waals surface area (Å²) < 4.78 is 5.58. The summed E-state index contributed by atoms with van der Waals surface area (Å²) in [6.45, 7) is 8.26. The fraction of sp³-hybridized carbons (Fsp3) is 0.400. The van der Waals surface area contributed by atoms with E-state index in [1.54, 1.807) is 6.21 Å². The number of hydrogen-bond donors (Lipinski definition) is 0. The largest absolute Gasteiger partial charge is 0.460 e. The van der Waals surface area contributed by atoms with Crippen molar-refractivity contribution in [2.45, 2.75) is 6.92 Å². The molecule has 0 saturated carbocycles. The second-order valence-electron chi connectivity index (χ2n) is 7.70. The van der Waals surface area contributed by atoms with Crippen LogP contribution < -0.4 is 0 Å². The molecule has 5 heterocycles. The number of furan rings is 1. The topological polar surface area (TPSA) is 47.6 Å². The Bertz CT molecular complexity index is 819. The first kappa shape index (κ1) is 15.9. The molecule has 0 amide bonds. The van der Waals surface area contributed by atoms with Gasteiger partial charge in [-0.3, -0.25) is 14.7 Å². The molecule has 2 aromatic rings. The smallest absolute Gasteiger partial charge is 0.147 e. The molecule has 0 atom stereocenters. The average Bonchev–Trinajstić information content (AvgIpc) is 3.03. The molecule has 4 bridgehead atoms. The van der Waals surface area contributed by atoms with Gasteiger partial charge in [-0.25, -0.2) is 0 Å². The van der Waals surface area contributed by atoms with Crippen LogP contribution in [0.2, 0.25) is 0 Å². The molecular weight excluding hydrogens is 326 g/mol. The maximum atomic E-state index is 5.58. The Morgan fingerprint density at radius 3 is 2.19 bits per heavy atom. The lowest BCUT2D eigenvalue weighted by Crippen LogP contribution is -2.74. The first-order valence-corrected chi connectivity index (χ1v) is 9.11. The van der Waals surface area contributed by atoms with E-state index in [-0.39, 0.29) is 5.41 Å². The zero-order valence-electron chi connectivity index (χ0n) is 15.0. The van der Waals surface area contributed by atoms with Crippen molar-refractivity contribution in [3.05, 3.63) is 59.5 Å². The number of rotatable bonds is 4. The SMILES string of the molecule is Cc1ccc(/C=N\N=C(/c2ccccc2)C23CN4CN(CN(C4)C2)C3)o1. The molecule has 6 rings (SSSR count). The number of benzene rings is 1. The normalized spacial score (nSPS) is 33.3. The lowest BCUT2D eigenvalue weighted by molar-refractivity contribution is -0.149. The Morgan fingerprint density at radius 2 is 1.62 bits per heavy atom. The minimum atomic E-state index is 0.00647. The van der Waals surface area contributed by atoms with Gasteiger partial charge in [0, 0.05) is 19.6 Å².